The first-order valence-corrected chi connectivity index (χ1v) is 7.75. The summed E-state index contributed by atoms with van der Waals surface area (Å²) in [7, 11) is 0. The van der Waals surface area contributed by atoms with E-state index >= 15 is 0 Å². The van der Waals surface area contributed by atoms with Gasteiger partial charge in [-0.05, 0) is 47.1 Å². The maximum Gasteiger partial charge on any atom is 0.340 e. The van der Waals surface area contributed by atoms with E-state index in [1.54, 1.807) is 6.92 Å². The summed E-state index contributed by atoms with van der Waals surface area (Å²) in [5, 5.41) is 3.10. The molecule has 0 aliphatic carbocycles. The van der Waals surface area contributed by atoms with Crippen molar-refractivity contribution in [2.45, 2.75) is 6.92 Å². The van der Waals surface area contributed by atoms with E-state index < -0.39 is 5.97 Å². The van der Waals surface area contributed by atoms with Crippen LogP contribution in [0.3, 0.4) is 0 Å². The number of rotatable bonds is 4. The first-order valence-electron chi connectivity index (χ1n) is 6.16. The van der Waals surface area contributed by atoms with Crippen molar-refractivity contribution in [3.05, 3.63) is 45.0 Å². The van der Waals surface area contributed by atoms with Crippen LogP contribution in [0.15, 0.2) is 39.4 Å². The molecule has 3 N–H and O–H groups in total. The number of anilines is 3. The molecular formula is C14H13Br2N3O2. The van der Waals surface area contributed by atoms with Gasteiger partial charge in [0, 0.05) is 15.1 Å². The Bertz CT molecular complexity index is 677. The van der Waals surface area contributed by atoms with Crippen LogP contribution in [-0.4, -0.2) is 17.6 Å². The first-order chi connectivity index (χ1) is 10.0. The zero-order valence-electron chi connectivity index (χ0n) is 11.2. The Hall–Kier alpha value is -1.60. The van der Waals surface area contributed by atoms with Gasteiger partial charge in [0.2, 0.25) is 0 Å². The molecule has 5 nitrogen and oxygen atoms in total. The molecule has 0 radical (unpaired) electrons. The highest BCUT2D eigenvalue weighted by Crippen LogP contribution is 2.31. The molecule has 0 fully saturated rings. The molecule has 0 amide bonds. The average molecular weight is 415 g/mol. The molecular weight excluding hydrogens is 402 g/mol. The molecule has 0 atom stereocenters. The van der Waals surface area contributed by atoms with Crippen LogP contribution in [0.2, 0.25) is 0 Å². The standard InChI is InChI=1S/C14H13Br2N3O2/c1-2-21-14(20)9-5-6-18-13(12(9)17)19-11-7-8(15)3-4-10(11)16/h3-7H,2,17H2,1H3,(H,18,19). The smallest absolute Gasteiger partial charge is 0.340 e. The Labute approximate surface area is 139 Å². The topological polar surface area (TPSA) is 77.2 Å². The van der Waals surface area contributed by atoms with Gasteiger partial charge in [-0.1, -0.05) is 15.9 Å². The van der Waals surface area contributed by atoms with Crippen LogP contribution in [0.1, 0.15) is 17.3 Å². The van der Waals surface area contributed by atoms with E-state index in [2.05, 4.69) is 42.2 Å². The van der Waals surface area contributed by atoms with Crippen molar-refractivity contribution in [1.29, 1.82) is 0 Å². The molecule has 2 aromatic rings. The molecule has 21 heavy (non-hydrogen) atoms. The number of ether oxygens (including phenoxy) is 1. The fourth-order valence-electron chi connectivity index (χ4n) is 1.68. The molecule has 0 aliphatic heterocycles. The highest BCUT2D eigenvalue weighted by Gasteiger charge is 2.15. The fraction of sp³-hybridized carbons (Fsp3) is 0.143. The van der Waals surface area contributed by atoms with Crippen LogP contribution in [0.5, 0.6) is 0 Å². The number of nitrogens with two attached hydrogens (primary N) is 1. The summed E-state index contributed by atoms with van der Waals surface area (Å²) in [5.41, 5.74) is 7.32. The second-order valence-electron chi connectivity index (χ2n) is 4.09. The van der Waals surface area contributed by atoms with E-state index in [0.29, 0.717) is 18.0 Å². The van der Waals surface area contributed by atoms with Gasteiger partial charge >= 0.3 is 5.97 Å². The number of nitrogens with one attached hydrogen (secondary N) is 1. The first kappa shape index (κ1) is 15.8. The summed E-state index contributed by atoms with van der Waals surface area (Å²) in [6.45, 7) is 2.04. The quantitative estimate of drug-likeness (QED) is 0.736. The van der Waals surface area contributed by atoms with Gasteiger partial charge in [0.15, 0.2) is 5.82 Å². The van der Waals surface area contributed by atoms with Gasteiger partial charge in [0.25, 0.3) is 0 Å². The highest BCUT2D eigenvalue weighted by molar-refractivity contribution is 9.11. The van der Waals surface area contributed by atoms with E-state index in [4.69, 9.17) is 10.5 Å². The number of halogens is 2. The molecule has 1 heterocycles. The largest absolute Gasteiger partial charge is 0.462 e. The minimum atomic E-state index is -0.464. The number of esters is 1. The SMILES string of the molecule is CCOC(=O)c1ccnc(Nc2cc(Br)ccc2Br)c1N. The molecule has 1 aromatic carbocycles. The van der Waals surface area contributed by atoms with Gasteiger partial charge in [0.1, 0.15) is 0 Å². The Morgan fingerprint density at radius 2 is 2.14 bits per heavy atom. The van der Waals surface area contributed by atoms with Gasteiger partial charge in [0.05, 0.1) is 23.5 Å². The van der Waals surface area contributed by atoms with Crippen LogP contribution in [0, 0.1) is 0 Å². The van der Waals surface area contributed by atoms with Gasteiger partial charge in [-0.25, -0.2) is 9.78 Å². The maximum atomic E-state index is 11.8. The van der Waals surface area contributed by atoms with Crippen LogP contribution >= 0.6 is 31.9 Å². The van der Waals surface area contributed by atoms with Crippen molar-refractivity contribution in [2.75, 3.05) is 17.7 Å². The number of nitrogen functional groups attached to an aromatic ring is 1. The van der Waals surface area contributed by atoms with Gasteiger partial charge in [-0.2, -0.15) is 0 Å². The molecule has 0 saturated heterocycles. The van der Waals surface area contributed by atoms with Crippen LogP contribution in [0.25, 0.3) is 0 Å². The third-order valence-corrected chi connectivity index (χ3v) is 3.85. The molecule has 0 unspecified atom stereocenters. The molecule has 0 aliphatic rings. The van der Waals surface area contributed by atoms with E-state index in [0.717, 1.165) is 14.6 Å². The predicted molar refractivity (Wildman–Crippen MR) is 89.7 cm³/mol. The number of aromatic nitrogens is 1. The van der Waals surface area contributed by atoms with Crippen molar-refractivity contribution in [1.82, 2.24) is 4.98 Å². The second kappa shape index (κ2) is 6.91. The number of carbonyl (C=O) groups is 1. The molecule has 0 bridgehead atoms. The Kier molecular flexibility index (Phi) is 5.19. The van der Waals surface area contributed by atoms with E-state index in [9.17, 15) is 4.79 Å². The minimum absolute atomic E-state index is 0.253. The van der Waals surface area contributed by atoms with E-state index in [-0.39, 0.29) is 5.69 Å². The highest BCUT2D eigenvalue weighted by atomic mass is 79.9. The zero-order valence-corrected chi connectivity index (χ0v) is 14.4. The van der Waals surface area contributed by atoms with Gasteiger partial charge in [-0.3, -0.25) is 0 Å². The monoisotopic (exact) mass is 413 g/mol. The Morgan fingerprint density at radius 1 is 1.38 bits per heavy atom. The lowest BCUT2D eigenvalue weighted by molar-refractivity contribution is 0.0527. The Morgan fingerprint density at radius 3 is 2.86 bits per heavy atom. The summed E-state index contributed by atoms with van der Waals surface area (Å²) >= 11 is 6.84. The van der Waals surface area contributed by atoms with Crippen LogP contribution in [-0.2, 0) is 4.74 Å². The van der Waals surface area contributed by atoms with Crippen LogP contribution < -0.4 is 11.1 Å². The van der Waals surface area contributed by atoms with Crippen molar-refractivity contribution < 1.29 is 9.53 Å². The van der Waals surface area contributed by atoms with Gasteiger partial charge < -0.3 is 15.8 Å². The molecule has 110 valence electrons. The van der Waals surface area contributed by atoms with Crippen molar-refractivity contribution in [2.24, 2.45) is 0 Å². The van der Waals surface area contributed by atoms with Crippen molar-refractivity contribution >= 4 is 55.0 Å². The maximum absolute atomic E-state index is 11.8. The summed E-state index contributed by atoms with van der Waals surface area (Å²) in [4.78, 5) is 16.0. The lowest BCUT2D eigenvalue weighted by Crippen LogP contribution is -2.10. The number of pyridine rings is 1. The molecule has 0 spiro atoms. The van der Waals surface area contributed by atoms with Crippen molar-refractivity contribution in [3.63, 3.8) is 0 Å². The number of hydrogen-bond acceptors (Lipinski definition) is 5. The normalized spacial score (nSPS) is 10.2. The number of carbonyl (C=O) groups excluding carboxylic acids is 1. The molecule has 2 rings (SSSR count). The van der Waals surface area contributed by atoms with Crippen LogP contribution in [0.4, 0.5) is 17.2 Å². The minimum Gasteiger partial charge on any atom is -0.462 e. The average Bonchev–Trinajstić information content (AvgIpc) is 2.45. The third-order valence-electron chi connectivity index (χ3n) is 2.67. The molecule has 0 saturated carbocycles. The molecule has 1 aromatic heterocycles. The lowest BCUT2D eigenvalue weighted by Gasteiger charge is -2.12. The van der Waals surface area contributed by atoms with Crippen molar-refractivity contribution in [3.8, 4) is 0 Å². The summed E-state index contributed by atoms with van der Waals surface area (Å²) in [6.07, 6.45) is 1.51. The lowest BCUT2D eigenvalue weighted by atomic mass is 10.2. The predicted octanol–water partition coefficient (Wildman–Crippen LogP) is 4.11. The zero-order chi connectivity index (χ0) is 15.4. The summed E-state index contributed by atoms with van der Waals surface area (Å²) in [5.74, 6) is -0.0619. The van der Waals surface area contributed by atoms with E-state index in [1.165, 1.54) is 12.3 Å². The van der Waals surface area contributed by atoms with Gasteiger partial charge in [-0.15, -0.1) is 0 Å². The fourth-order valence-corrected chi connectivity index (χ4v) is 2.39. The number of nitrogens with zero attached hydrogens (tertiary/aromatic N) is 1. The van der Waals surface area contributed by atoms with E-state index in [1.807, 2.05) is 18.2 Å². The molecule has 7 heteroatoms. The Balaban J connectivity index is 2.35. The number of hydrogen-bond donors (Lipinski definition) is 2. The second-order valence-corrected chi connectivity index (χ2v) is 5.86. The third kappa shape index (κ3) is 3.74. The number of benzene rings is 1. The summed E-state index contributed by atoms with van der Waals surface area (Å²) < 4.78 is 6.73. The summed E-state index contributed by atoms with van der Waals surface area (Å²) in [6, 6.07) is 7.20.